The molecule has 1 aromatic rings. The lowest BCUT2D eigenvalue weighted by atomic mass is 10.1. The molecule has 19 heavy (non-hydrogen) atoms. The van der Waals surface area contributed by atoms with Crippen LogP contribution >= 0.6 is 0 Å². The van der Waals surface area contributed by atoms with Gasteiger partial charge in [-0.05, 0) is 0 Å². The lowest BCUT2D eigenvalue weighted by Gasteiger charge is -2.15. The molecule has 0 saturated carbocycles. The molecule has 1 N–H and O–H groups in total. The number of anilines is 1. The molecule has 0 aliphatic carbocycles. The van der Waals surface area contributed by atoms with Crippen molar-refractivity contribution < 1.29 is 27.9 Å². The quantitative estimate of drug-likeness (QED) is 0.870. The van der Waals surface area contributed by atoms with E-state index in [0.29, 0.717) is 0 Å². The summed E-state index contributed by atoms with van der Waals surface area (Å²) >= 11 is 0. The summed E-state index contributed by atoms with van der Waals surface area (Å²) in [5, 5.41) is 12.1. The van der Waals surface area contributed by atoms with Crippen LogP contribution in [0.15, 0.2) is 6.07 Å². The van der Waals surface area contributed by atoms with Gasteiger partial charge in [0.25, 0.3) is 0 Å². The highest BCUT2D eigenvalue weighted by Crippen LogP contribution is 2.32. The van der Waals surface area contributed by atoms with Gasteiger partial charge >= 0.3 is 12.1 Å². The third-order valence-corrected chi connectivity index (χ3v) is 2.90. The highest BCUT2D eigenvalue weighted by molar-refractivity contribution is 5.98. The van der Waals surface area contributed by atoms with Gasteiger partial charge in [0, 0.05) is 26.1 Å². The molecule has 0 aromatic carbocycles. The molecule has 9 heteroatoms. The minimum absolute atomic E-state index is 0.0546. The van der Waals surface area contributed by atoms with Crippen molar-refractivity contribution in [1.29, 1.82) is 0 Å². The first-order chi connectivity index (χ1) is 8.70. The van der Waals surface area contributed by atoms with Crippen molar-refractivity contribution in [3.63, 3.8) is 0 Å². The monoisotopic (exact) mass is 277 g/mol. The number of aliphatic carboxylic acids is 1. The van der Waals surface area contributed by atoms with E-state index in [2.05, 4.69) is 5.10 Å². The zero-order valence-corrected chi connectivity index (χ0v) is 9.81. The third kappa shape index (κ3) is 2.40. The number of carbonyl (C=O) groups excluding carboxylic acids is 1. The molecular formula is C10H10F3N3O3. The Morgan fingerprint density at radius 2 is 2.16 bits per heavy atom. The van der Waals surface area contributed by atoms with Crippen molar-refractivity contribution in [2.45, 2.75) is 12.6 Å². The molecule has 0 radical (unpaired) electrons. The van der Waals surface area contributed by atoms with Gasteiger partial charge in [-0.2, -0.15) is 18.3 Å². The summed E-state index contributed by atoms with van der Waals surface area (Å²) in [7, 11) is 1.27. The first-order valence-electron chi connectivity index (χ1n) is 5.34. The standard InChI is InChI=1S/C10H10F3N3O3/c1-15-7(3-6(14-15)10(11,12)13)16-4-5(9(18)19)2-8(16)17/h3,5H,2,4H2,1H3,(H,18,19). The molecule has 1 aliphatic rings. The average molecular weight is 277 g/mol. The summed E-state index contributed by atoms with van der Waals surface area (Å²) in [5.41, 5.74) is -1.11. The van der Waals surface area contributed by atoms with E-state index in [1.807, 2.05) is 0 Å². The van der Waals surface area contributed by atoms with Crippen LogP contribution in [0.2, 0.25) is 0 Å². The van der Waals surface area contributed by atoms with Gasteiger partial charge in [0.2, 0.25) is 5.91 Å². The predicted octanol–water partition coefficient (Wildman–Crippen LogP) is 0.876. The average Bonchev–Trinajstić information content (AvgIpc) is 2.81. The Balaban J connectivity index is 2.31. The van der Waals surface area contributed by atoms with Gasteiger partial charge in [-0.15, -0.1) is 0 Å². The first-order valence-corrected chi connectivity index (χ1v) is 5.34. The summed E-state index contributed by atoms with van der Waals surface area (Å²) in [5.74, 6) is -2.63. The number of amides is 1. The zero-order chi connectivity index (χ0) is 14.4. The van der Waals surface area contributed by atoms with Gasteiger partial charge in [-0.3, -0.25) is 19.2 Å². The summed E-state index contributed by atoms with van der Waals surface area (Å²) in [6.45, 7) is -0.148. The third-order valence-electron chi connectivity index (χ3n) is 2.90. The highest BCUT2D eigenvalue weighted by atomic mass is 19.4. The number of aromatic nitrogens is 2. The minimum atomic E-state index is -4.61. The highest BCUT2D eigenvalue weighted by Gasteiger charge is 2.39. The minimum Gasteiger partial charge on any atom is -0.481 e. The SMILES string of the molecule is Cn1nc(C(F)(F)F)cc1N1CC(C(=O)O)CC1=O. The van der Waals surface area contributed by atoms with Crippen molar-refractivity contribution in [3.8, 4) is 0 Å². The van der Waals surface area contributed by atoms with Crippen molar-refractivity contribution in [3.05, 3.63) is 11.8 Å². The number of nitrogens with zero attached hydrogens (tertiary/aromatic N) is 3. The molecule has 1 unspecified atom stereocenters. The van der Waals surface area contributed by atoms with Crippen molar-refractivity contribution >= 4 is 17.7 Å². The molecule has 104 valence electrons. The number of aryl methyl sites for hydroxylation is 1. The first kappa shape index (κ1) is 13.4. The van der Waals surface area contributed by atoms with E-state index in [9.17, 15) is 22.8 Å². The molecule has 6 nitrogen and oxygen atoms in total. The Hall–Kier alpha value is -2.06. The Morgan fingerprint density at radius 1 is 1.53 bits per heavy atom. The molecule has 2 heterocycles. The number of carbonyl (C=O) groups is 2. The van der Waals surface area contributed by atoms with Gasteiger partial charge in [0.1, 0.15) is 5.82 Å². The summed E-state index contributed by atoms with van der Waals surface area (Å²) in [6.07, 6.45) is -4.83. The number of halogens is 3. The van der Waals surface area contributed by atoms with Crippen LogP contribution in [0.1, 0.15) is 12.1 Å². The molecule has 1 aliphatic heterocycles. The van der Waals surface area contributed by atoms with Crippen molar-refractivity contribution in [1.82, 2.24) is 9.78 Å². The van der Waals surface area contributed by atoms with Crippen LogP contribution < -0.4 is 4.90 Å². The summed E-state index contributed by atoms with van der Waals surface area (Å²) in [6, 6.07) is 0.738. The molecule has 0 bridgehead atoms. The fraction of sp³-hybridized carbons (Fsp3) is 0.500. The smallest absolute Gasteiger partial charge is 0.435 e. The fourth-order valence-electron chi connectivity index (χ4n) is 1.94. The van der Waals surface area contributed by atoms with E-state index in [0.717, 1.165) is 15.6 Å². The number of hydrogen-bond donors (Lipinski definition) is 1. The molecule has 1 atom stereocenters. The molecule has 2 rings (SSSR count). The Labute approximate surface area is 105 Å². The summed E-state index contributed by atoms with van der Waals surface area (Å²) < 4.78 is 38.4. The van der Waals surface area contributed by atoms with Gasteiger partial charge in [-0.25, -0.2) is 0 Å². The largest absolute Gasteiger partial charge is 0.481 e. The zero-order valence-electron chi connectivity index (χ0n) is 9.81. The molecular weight excluding hydrogens is 267 g/mol. The van der Waals surface area contributed by atoms with Gasteiger partial charge in [-0.1, -0.05) is 0 Å². The van der Waals surface area contributed by atoms with E-state index < -0.39 is 29.7 Å². The molecule has 1 saturated heterocycles. The molecule has 1 amide bonds. The molecule has 1 fully saturated rings. The molecule has 1 aromatic heterocycles. The van der Waals surface area contributed by atoms with Crippen LogP contribution in [-0.4, -0.2) is 33.3 Å². The fourth-order valence-corrected chi connectivity index (χ4v) is 1.94. The second-order valence-electron chi connectivity index (χ2n) is 4.25. The van der Waals surface area contributed by atoms with Crippen LogP contribution in [0.25, 0.3) is 0 Å². The second kappa shape index (κ2) is 4.25. The van der Waals surface area contributed by atoms with Crippen LogP contribution in [0.5, 0.6) is 0 Å². The van der Waals surface area contributed by atoms with E-state index in [-0.39, 0.29) is 18.8 Å². The van der Waals surface area contributed by atoms with Crippen LogP contribution in [0, 0.1) is 5.92 Å². The van der Waals surface area contributed by atoms with E-state index in [1.54, 1.807) is 0 Å². The predicted molar refractivity (Wildman–Crippen MR) is 56.3 cm³/mol. The normalized spacial score (nSPS) is 20.1. The van der Waals surface area contributed by atoms with E-state index >= 15 is 0 Å². The van der Waals surface area contributed by atoms with Crippen molar-refractivity contribution in [2.75, 3.05) is 11.4 Å². The Morgan fingerprint density at radius 3 is 2.58 bits per heavy atom. The van der Waals surface area contributed by atoms with Crippen LogP contribution in [0.3, 0.4) is 0 Å². The maximum atomic E-state index is 12.5. The number of carboxylic acid groups (broad SMARTS) is 1. The number of alkyl halides is 3. The molecule has 0 spiro atoms. The van der Waals surface area contributed by atoms with Gasteiger partial charge in [0.05, 0.1) is 5.92 Å². The number of hydrogen-bond acceptors (Lipinski definition) is 3. The maximum absolute atomic E-state index is 12.5. The van der Waals surface area contributed by atoms with E-state index in [4.69, 9.17) is 5.11 Å². The Bertz CT molecular complexity index is 538. The van der Waals surface area contributed by atoms with Crippen LogP contribution in [0.4, 0.5) is 19.0 Å². The maximum Gasteiger partial charge on any atom is 0.435 e. The summed E-state index contributed by atoms with van der Waals surface area (Å²) in [4.78, 5) is 23.4. The van der Waals surface area contributed by atoms with E-state index in [1.165, 1.54) is 7.05 Å². The van der Waals surface area contributed by atoms with Crippen LogP contribution in [-0.2, 0) is 22.8 Å². The lowest BCUT2D eigenvalue weighted by molar-refractivity contribution is -0.142. The second-order valence-corrected chi connectivity index (χ2v) is 4.25. The van der Waals surface area contributed by atoms with Gasteiger partial charge < -0.3 is 5.11 Å². The van der Waals surface area contributed by atoms with Crippen molar-refractivity contribution in [2.24, 2.45) is 13.0 Å². The number of rotatable bonds is 2. The lowest BCUT2D eigenvalue weighted by Crippen LogP contribution is -2.27. The topological polar surface area (TPSA) is 75.4 Å². The number of carboxylic acids is 1. The van der Waals surface area contributed by atoms with Gasteiger partial charge in [0.15, 0.2) is 5.69 Å². The Kier molecular flexibility index (Phi) is 2.99.